The van der Waals surface area contributed by atoms with Crippen molar-refractivity contribution in [2.75, 3.05) is 5.73 Å². The van der Waals surface area contributed by atoms with Crippen molar-refractivity contribution < 1.29 is 0 Å². The Morgan fingerprint density at radius 1 is 1.00 bits per heavy atom. The molecule has 2 N–H and O–H groups in total. The second kappa shape index (κ2) is 4.60. The molecule has 3 aromatic rings. The van der Waals surface area contributed by atoms with Crippen LogP contribution in [0.5, 0.6) is 0 Å². The third-order valence-electron chi connectivity index (χ3n) is 2.83. The molecule has 0 fully saturated rings. The largest absolute Gasteiger partial charge is 0.383 e. The maximum atomic E-state index is 6.10. The highest BCUT2D eigenvalue weighted by molar-refractivity contribution is 6.42. The summed E-state index contributed by atoms with van der Waals surface area (Å²) in [6.45, 7) is 0. The number of fused-ring (bicyclic) bond motifs is 1. The maximum absolute atomic E-state index is 6.10. The second-order valence-electron chi connectivity index (χ2n) is 4.02. The van der Waals surface area contributed by atoms with Gasteiger partial charge in [-0.05, 0) is 24.3 Å². The molecule has 0 saturated carbocycles. The number of pyridine rings is 1. The predicted octanol–water partition coefficient (Wildman–Crippen LogP) is 4.54. The molecule has 19 heavy (non-hydrogen) atoms. The Balaban J connectivity index is 2.28. The number of nitrogen functional groups attached to an aromatic ring is 1. The fourth-order valence-corrected chi connectivity index (χ4v) is 2.41. The Morgan fingerprint density at radius 3 is 2.47 bits per heavy atom. The standard InChI is InChI=1S/C13H8Cl3N3/c14-8-4-3-7(6-10(8)16)11-12(17)19-5-1-2-9(15)13(19)18-11/h1-6H,17H2. The highest BCUT2D eigenvalue weighted by Crippen LogP contribution is 2.32. The summed E-state index contributed by atoms with van der Waals surface area (Å²) in [6.07, 6.45) is 1.81. The number of nitrogens with two attached hydrogens (primary N) is 1. The number of hydrogen-bond acceptors (Lipinski definition) is 2. The number of halogens is 3. The zero-order valence-corrected chi connectivity index (χ0v) is 11.8. The van der Waals surface area contributed by atoms with Gasteiger partial charge in [-0.15, -0.1) is 0 Å². The van der Waals surface area contributed by atoms with Crippen molar-refractivity contribution in [1.82, 2.24) is 9.38 Å². The van der Waals surface area contributed by atoms with E-state index in [4.69, 9.17) is 40.5 Å². The first-order valence-electron chi connectivity index (χ1n) is 5.45. The quantitative estimate of drug-likeness (QED) is 0.716. The molecule has 0 radical (unpaired) electrons. The van der Waals surface area contributed by atoms with E-state index >= 15 is 0 Å². The average molecular weight is 313 g/mol. The van der Waals surface area contributed by atoms with Gasteiger partial charge in [0.15, 0.2) is 5.65 Å². The van der Waals surface area contributed by atoms with Gasteiger partial charge in [-0.3, -0.25) is 4.40 Å². The van der Waals surface area contributed by atoms with Gasteiger partial charge in [-0.1, -0.05) is 40.9 Å². The first-order valence-corrected chi connectivity index (χ1v) is 6.59. The molecule has 2 aromatic heterocycles. The van der Waals surface area contributed by atoms with Crippen LogP contribution in [0.2, 0.25) is 15.1 Å². The summed E-state index contributed by atoms with van der Waals surface area (Å²) in [5, 5.41) is 1.49. The summed E-state index contributed by atoms with van der Waals surface area (Å²) >= 11 is 18.0. The zero-order chi connectivity index (χ0) is 13.6. The van der Waals surface area contributed by atoms with Gasteiger partial charge in [0.05, 0.1) is 15.1 Å². The monoisotopic (exact) mass is 311 g/mol. The lowest BCUT2D eigenvalue weighted by molar-refractivity contribution is 1.20. The van der Waals surface area contributed by atoms with E-state index in [-0.39, 0.29) is 0 Å². The van der Waals surface area contributed by atoms with E-state index in [9.17, 15) is 0 Å². The van der Waals surface area contributed by atoms with Crippen molar-refractivity contribution in [1.29, 1.82) is 0 Å². The molecule has 96 valence electrons. The second-order valence-corrected chi connectivity index (χ2v) is 5.25. The Hall–Kier alpha value is -1.42. The van der Waals surface area contributed by atoms with Crippen LogP contribution in [0.15, 0.2) is 36.5 Å². The molecule has 3 nitrogen and oxygen atoms in total. The molecule has 0 atom stereocenters. The van der Waals surface area contributed by atoms with Crippen molar-refractivity contribution >= 4 is 46.3 Å². The summed E-state index contributed by atoms with van der Waals surface area (Å²) in [5.74, 6) is 0.510. The van der Waals surface area contributed by atoms with Crippen LogP contribution in [0.3, 0.4) is 0 Å². The van der Waals surface area contributed by atoms with Gasteiger partial charge in [0.1, 0.15) is 11.5 Å². The highest BCUT2D eigenvalue weighted by atomic mass is 35.5. The lowest BCUT2D eigenvalue weighted by atomic mass is 10.1. The molecule has 2 heterocycles. The van der Waals surface area contributed by atoms with E-state index in [1.807, 2.05) is 18.3 Å². The molecule has 0 aliphatic carbocycles. The summed E-state index contributed by atoms with van der Waals surface area (Å²) in [6, 6.07) is 8.84. The van der Waals surface area contributed by atoms with E-state index in [1.54, 1.807) is 22.6 Å². The van der Waals surface area contributed by atoms with Gasteiger partial charge in [0.25, 0.3) is 0 Å². The number of imidazole rings is 1. The molecule has 0 spiro atoms. The van der Waals surface area contributed by atoms with Crippen LogP contribution in [0.1, 0.15) is 0 Å². The van der Waals surface area contributed by atoms with E-state index in [1.165, 1.54) is 0 Å². The molecule has 3 rings (SSSR count). The van der Waals surface area contributed by atoms with E-state index in [0.29, 0.717) is 32.2 Å². The zero-order valence-electron chi connectivity index (χ0n) is 9.57. The lowest BCUT2D eigenvalue weighted by Gasteiger charge is -2.01. The topological polar surface area (TPSA) is 43.3 Å². The number of hydrogen-bond donors (Lipinski definition) is 1. The molecule has 0 amide bonds. The smallest absolute Gasteiger partial charge is 0.157 e. The average Bonchev–Trinajstić information content (AvgIpc) is 2.72. The molecule has 0 saturated heterocycles. The van der Waals surface area contributed by atoms with Crippen molar-refractivity contribution in [3.05, 3.63) is 51.6 Å². The number of benzene rings is 1. The van der Waals surface area contributed by atoms with E-state index in [0.717, 1.165) is 5.56 Å². The van der Waals surface area contributed by atoms with Crippen LogP contribution in [0, 0.1) is 0 Å². The summed E-state index contributed by atoms with van der Waals surface area (Å²) in [4.78, 5) is 4.46. The lowest BCUT2D eigenvalue weighted by Crippen LogP contribution is -1.93. The minimum atomic E-state index is 0.460. The Labute approximate surface area is 124 Å². The first-order chi connectivity index (χ1) is 9.08. The van der Waals surface area contributed by atoms with Crippen LogP contribution in [-0.2, 0) is 0 Å². The number of aromatic nitrogens is 2. The van der Waals surface area contributed by atoms with Crippen LogP contribution in [0.4, 0.5) is 5.82 Å². The highest BCUT2D eigenvalue weighted by Gasteiger charge is 2.13. The van der Waals surface area contributed by atoms with Gasteiger partial charge in [-0.25, -0.2) is 4.98 Å². The third kappa shape index (κ3) is 2.04. The van der Waals surface area contributed by atoms with E-state index in [2.05, 4.69) is 4.98 Å². The molecular weight excluding hydrogens is 305 g/mol. The van der Waals surface area contributed by atoms with Gasteiger partial charge in [-0.2, -0.15) is 0 Å². The van der Waals surface area contributed by atoms with Crippen molar-refractivity contribution in [2.24, 2.45) is 0 Å². The summed E-state index contributed by atoms with van der Waals surface area (Å²) in [7, 11) is 0. The summed E-state index contributed by atoms with van der Waals surface area (Å²) in [5.41, 5.74) is 8.14. The number of rotatable bonds is 1. The molecule has 0 aliphatic heterocycles. The molecule has 1 aromatic carbocycles. The molecule has 0 bridgehead atoms. The third-order valence-corrected chi connectivity index (χ3v) is 3.87. The molecular formula is C13H8Cl3N3. The number of nitrogens with zero attached hydrogens (tertiary/aromatic N) is 2. The SMILES string of the molecule is Nc1c(-c2ccc(Cl)c(Cl)c2)nc2c(Cl)cccn12. The minimum absolute atomic E-state index is 0.460. The Bertz CT molecular complexity index is 780. The minimum Gasteiger partial charge on any atom is -0.383 e. The Morgan fingerprint density at radius 2 is 1.79 bits per heavy atom. The predicted molar refractivity (Wildman–Crippen MR) is 80.1 cm³/mol. The van der Waals surface area contributed by atoms with Crippen molar-refractivity contribution in [2.45, 2.75) is 0 Å². The van der Waals surface area contributed by atoms with Gasteiger partial charge in [0, 0.05) is 11.8 Å². The van der Waals surface area contributed by atoms with Gasteiger partial charge < -0.3 is 5.73 Å². The Kier molecular flexibility index (Phi) is 3.05. The fraction of sp³-hybridized carbons (Fsp3) is 0. The van der Waals surface area contributed by atoms with Crippen molar-refractivity contribution in [3.8, 4) is 11.3 Å². The van der Waals surface area contributed by atoms with Crippen LogP contribution in [0.25, 0.3) is 16.9 Å². The summed E-state index contributed by atoms with van der Waals surface area (Å²) < 4.78 is 1.74. The normalized spacial score (nSPS) is 11.1. The van der Waals surface area contributed by atoms with Gasteiger partial charge in [0.2, 0.25) is 0 Å². The van der Waals surface area contributed by atoms with Crippen LogP contribution in [-0.4, -0.2) is 9.38 Å². The molecule has 6 heteroatoms. The molecule has 0 unspecified atom stereocenters. The van der Waals surface area contributed by atoms with Crippen molar-refractivity contribution in [3.63, 3.8) is 0 Å². The fourth-order valence-electron chi connectivity index (χ4n) is 1.91. The van der Waals surface area contributed by atoms with Crippen LogP contribution >= 0.6 is 34.8 Å². The van der Waals surface area contributed by atoms with Crippen LogP contribution < -0.4 is 5.73 Å². The molecule has 0 aliphatic rings. The first kappa shape index (κ1) is 12.6. The maximum Gasteiger partial charge on any atom is 0.157 e. The number of anilines is 1. The van der Waals surface area contributed by atoms with E-state index < -0.39 is 0 Å². The van der Waals surface area contributed by atoms with Gasteiger partial charge >= 0.3 is 0 Å².